The zero-order valence-electron chi connectivity index (χ0n) is 20.6. The van der Waals surface area contributed by atoms with Gasteiger partial charge in [0.2, 0.25) is 4.77 Å². The molecule has 0 amide bonds. The molecule has 2 heterocycles. The Labute approximate surface area is 243 Å². The first-order valence-corrected chi connectivity index (χ1v) is 13.5. The second kappa shape index (κ2) is 12.7. The number of halogens is 3. The second-order valence-electron chi connectivity index (χ2n) is 9.80. The van der Waals surface area contributed by atoms with Gasteiger partial charge in [0.25, 0.3) is 0 Å². The van der Waals surface area contributed by atoms with E-state index in [9.17, 15) is 5.11 Å². The number of nitrogens with one attached hydrogen (secondary N) is 1. The SMILES string of the molecule is C.CC(Cn1cncn1)c1ccc(Cl)cc1Cl.CC1(C(O)(Cc2ccccc2Cl)Cn2[nH]cnc2=S)CC1. The highest BCUT2D eigenvalue weighted by molar-refractivity contribution is 7.71. The number of aromatic nitrogens is 6. The largest absolute Gasteiger partial charge is 0.387 e. The summed E-state index contributed by atoms with van der Waals surface area (Å²) >= 11 is 23.4. The van der Waals surface area contributed by atoms with Crippen LogP contribution in [0.5, 0.6) is 0 Å². The van der Waals surface area contributed by atoms with Gasteiger partial charge in [0.15, 0.2) is 0 Å². The van der Waals surface area contributed by atoms with Crippen molar-refractivity contribution >= 4 is 47.0 Å². The van der Waals surface area contributed by atoms with Crippen LogP contribution in [-0.2, 0) is 19.5 Å². The fourth-order valence-electron chi connectivity index (χ4n) is 4.33. The predicted molar refractivity (Wildman–Crippen MR) is 156 cm³/mol. The molecule has 1 saturated carbocycles. The van der Waals surface area contributed by atoms with Gasteiger partial charge in [-0.05, 0) is 59.8 Å². The van der Waals surface area contributed by atoms with Gasteiger partial charge in [-0.2, -0.15) is 5.10 Å². The Balaban J connectivity index is 0.000000213. The van der Waals surface area contributed by atoms with Crippen molar-refractivity contribution in [1.82, 2.24) is 29.5 Å². The molecule has 1 aliphatic carbocycles. The Morgan fingerprint density at radius 2 is 1.89 bits per heavy atom. The van der Waals surface area contributed by atoms with Crippen molar-refractivity contribution in [2.75, 3.05) is 0 Å². The number of hydrogen-bond donors (Lipinski definition) is 2. The van der Waals surface area contributed by atoms with Gasteiger partial charge < -0.3 is 5.11 Å². The highest BCUT2D eigenvalue weighted by atomic mass is 35.5. The average molecular weight is 596 g/mol. The summed E-state index contributed by atoms with van der Waals surface area (Å²) in [5.74, 6) is 0.270. The predicted octanol–water partition coefficient (Wildman–Crippen LogP) is 7.39. The van der Waals surface area contributed by atoms with Crippen LogP contribution in [0, 0.1) is 10.2 Å². The molecule has 1 fully saturated rings. The quantitative estimate of drug-likeness (QED) is 0.207. The van der Waals surface area contributed by atoms with Crippen LogP contribution in [0.3, 0.4) is 0 Å². The lowest BCUT2D eigenvalue weighted by Gasteiger charge is -2.35. The van der Waals surface area contributed by atoms with E-state index in [2.05, 4.69) is 34.0 Å². The third-order valence-corrected chi connectivity index (χ3v) is 8.28. The van der Waals surface area contributed by atoms with Crippen molar-refractivity contribution in [3.05, 3.63) is 92.4 Å². The van der Waals surface area contributed by atoms with Crippen molar-refractivity contribution in [2.45, 2.75) is 65.1 Å². The third-order valence-electron chi connectivity index (χ3n) is 7.02. The van der Waals surface area contributed by atoms with E-state index in [-0.39, 0.29) is 18.8 Å². The number of nitrogens with zero attached hydrogens (tertiary/aromatic N) is 5. The summed E-state index contributed by atoms with van der Waals surface area (Å²) in [4.78, 5) is 7.92. The molecule has 1 aliphatic rings. The van der Waals surface area contributed by atoms with Crippen molar-refractivity contribution in [3.63, 3.8) is 0 Å². The fraction of sp³-hybridized carbons (Fsp3) is 0.407. The highest BCUT2D eigenvalue weighted by Gasteiger charge is 2.55. The van der Waals surface area contributed by atoms with E-state index in [1.807, 2.05) is 36.4 Å². The normalized spacial score (nSPS) is 15.9. The first-order chi connectivity index (χ1) is 17.6. The van der Waals surface area contributed by atoms with Crippen LogP contribution < -0.4 is 0 Å². The Morgan fingerprint density at radius 3 is 2.47 bits per heavy atom. The van der Waals surface area contributed by atoms with Crippen LogP contribution in [0.15, 0.2) is 61.4 Å². The standard InChI is InChI=1S/C15H18ClN3OS.C11H11Cl2N3.CH4/c1-14(6-7-14)15(20,9-19-13(21)17-10-18-19)8-11-4-2-3-5-12(11)16;1-8(5-16-7-14-6-15-16)10-3-2-9(12)4-11(10)13;/h2-5,10,20H,6-9H2,1H3,(H,17,18,21);2-4,6-8H,5H2,1H3;1H4. The molecule has 4 aromatic rings. The van der Waals surface area contributed by atoms with E-state index in [1.54, 1.807) is 28.1 Å². The molecule has 2 atom stereocenters. The maximum atomic E-state index is 11.3. The van der Waals surface area contributed by atoms with Crippen LogP contribution in [-0.4, -0.2) is 40.2 Å². The number of hydrogen-bond acceptors (Lipinski definition) is 5. The van der Waals surface area contributed by atoms with Crippen molar-refractivity contribution in [1.29, 1.82) is 0 Å². The minimum absolute atomic E-state index is 0. The van der Waals surface area contributed by atoms with Gasteiger partial charge in [0.1, 0.15) is 19.0 Å². The molecular formula is C27H33Cl3N6OS. The Bertz CT molecular complexity index is 1390. The molecule has 11 heteroatoms. The molecule has 0 bridgehead atoms. The van der Waals surface area contributed by atoms with Crippen LogP contribution in [0.25, 0.3) is 0 Å². The summed E-state index contributed by atoms with van der Waals surface area (Å²) in [7, 11) is 0. The zero-order valence-corrected chi connectivity index (χ0v) is 23.7. The number of aromatic amines is 1. The minimum Gasteiger partial charge on any atom is -0.387 e. The summed E-state index contributed by atoms with van der Waals surface area (Å²) in [6.45, 7) is 5.36. The molecule has 5 rings (SSSR count). The number of rotatable bonds is 8. The molecule has 0 saturated heterocycles. The molecule has 0 spiro atoms. The van der Waals surface area contributed by atoms with Gasteiger partial charge in [-0.25, -0.2) is 9.97 Å². The second-order valence-corrected chi connectivity index (χ2v) is 11.4. The third kappa shape index (κ3) is 7.24. The minimum atomic E-state index is -0.900. The van der Waals surface area contributed by atoms with E-state index < -0.39 is 5.60 Å². The monoisotopic (exact) mass is 594 g/mol. The van der Waals surface area contributed by atoms with Gasteiger partial charge in [0.05, 0.1) is 12.1 Å². The lowest BCUT2D eigenvalue weighted by Crippen LogP contribution is -2.45. The maximum absolute atomic E-state index is 11.3. The van der Waals surface area contributed by atoms with Crippen LogP contribution in [0.4, 0.5) is 0 Å². The molecule has 2 aromatic carbocycles. The lowest BCUT2D eigenvalue weighted by molar-refractivity contribution is -0.0431. The summed E-state index contributed by atoms with van der Waals surface area (Å²) in [6.07, 6.45) is 7.29. The Morgan fingerprint density at radius 1 is 1.16 bits per heavy atom. The summed E-state index contributed by atoms with van der Waals surface area (Å²) in [6, 6.07) is 13.2. The molecule has 2 aromatic heterocycles. The first-order valence-electron chi connectivity index (χ1n) is 11.9. The molecule has 0 aliphatic heterocycles. The van der Waals surface area contributed by atoms with Crippen molar-refractivity contribution in [2.24, 2.45) is 5.41 Å². The van der Waals surface area contributed by atoms with E-state index >= 15 is 0 Å². The Hall–Kier alpha value is -2.23. The first kappa shape index (κ1) is 30.3. The molecule has 7 nitrogen and oxygen atoms in total. The number of H-pyrrole nitrogens is 1. The summed E-state index contributed by atoms with van der Waals surface area (Å²) in [5, 5.41) is 20.4. The summed E-state index contributed by atoms with van der Waals surface area (Å²) in [5.41, 5.74) is 1.02. The van der Waals surface area contributed by atoms with Gasteiger partial charge in [0, 0.05) is 34.0 Å². The van der Waals surface area contributed by atoms with Crippen LogP contribution >= 0.6 is 47.0 Å². The molecule has 2 N–H and O–H groups in total. The number of aliphatic hydroxyl groups is 1. The van der Waals surface area contributed by atoms with Gasteiger partial charge in [-0.1, -0.05) is 80.3 Å². The van der Waals surface area contributed by atoms with E-state index in [0.29, 0.717) is 32.8 Å². The van der Waals surface area contributed by atoms with Crippen LogP contribution in [0.1, 0.15) is 51.2 Å². The topological polar surface area (TPSA) is 84.5 Å². The maximum Gasteiger partial charge on any atom is 0.215 e. The molecular weight excluding hydrogens is 563 g/mol. The summed E-state index contributed by atoms with van der Waals surface area (Å²) < 4.78 is 3.96. The molecule has 204 valence electrons. The highest BCUT2D eigenvalue weighted by Crippen LogP contribution is 2.55. The number of benzene rings is 2. The zero-order chi connectivity index (χ0) is 26.6. The van der Waals surface area contributed by atoms with E-state index in [4.69, 9.17) is 47.0 Å². The Kier molecular flexibility index (Phi) is 10.2. The fourth-order valence-corrected chi connectivity index (χ4v) is 5.30. The van der Waals surface area contributed by atoms with Crippen molar-refractivity contribution in [3.8, 4) is 0 Å². The van der Waals surface area contributed by atoms with Crippen molar-refractivity contribution < 1.29 is 5.11 Å². The van der Waals surface area contributed by atoms with Gasteiger partial charge in [-0.3, -0.25) is 14.5 Å². The van der Waals surface area contributed by atoms with E-state index in [1.165, 1.54) is 6.33 Å². The average Bonchev–Trinajstić information content (AvgIpc) is 3.21. The molecule has 38 heavy (non-hydrogen) atoms. The van der Waals surface area contributed by atoms with Crippen LogP contribution in [0.2, 0.25) is 15.1 Å². The smallest absolute Gasteiger partial charge is 0.215 e. The van der Waals surface area contributed by atoms with Gasteiger partial charge >= 0.3 is 0 Å². The van der Waals surface area contributed by atoms with E-state index in [0.717, 1.165) is 30.5 Å². The lowest BCUT2D eigenvalue weighted by atomic mass is 9.80. The van der Waals surface area contributed by atoms with Gasteiger partial charge in [-0.15, -0.1) is 0 Å². The molecule has 2 unspecified atom stereocenters. The molecule has 0 radical (unpaired) electrons.